The first-order valence-corrected chi connectivity index (χ1v) is 7.82. The first-order chi connectivity index (χ1) is 9.28. The van der Waals surface area contributed by atoms with E-state index in [1.807, 2.05) is 6.92 Å². The van der Waals surface area contributed by atoms with E-state index in [4.69, 9.17) is 4.74 Å². The number of nitrogens with one attached hydrogen (secondary N) is 1. The smallest absolute Gasteiger partial charge is 0.325 e. The standard InChI is InChI=1S/C16H34N2O2/c1-8-11-17-16(5,15(19)20-7)10-9-12-18(6)14(4)13(2)3/h13-14,17H,8-12H2,1-7H3. The second-order valence-electron chi connectivity index (χ2n) is 6.32. The molecule has 0 radical (unpaired) electrons. The Balaban J connectivity index is 4.37. The third-order valence-corrected chi connectivity index (χ3v) is 4.25. The highest BCUT2D eigenvalue weighted by Gasteiger charge is 2.33. The molecule has 120 valence electrons. The van der Waals surface area contributed by atoms with Gasteiger partial charge in [0.2, 0.25) is 0 Å². The largest absolute Gasteiger partial charge is 0.468 e. The Morgan fingerprint density at radius 2 is 1.95 bits per heavy atom. The van der Waals surface area contributed by atoms with Crippen LogP contribution in [0.15, 0.2) is 0 Å². The van der Waals surface area contributed by atoms with Gasteiger partial charge in [0.15, 0.2) is 0 Å². The van der Waals surface area contributed by atoms with Crippen molar-refractivity contribution >= 4 is 5.97 Å². The summed E-state index contributed by atoms with van der Waals surface area (Å²) < 4.78 is 4.94. The van der Waals surface area contributed by atoms with E-state index in [1.54, 1.807) is 0 Å². The molecule has 0 aliphatic heterocycles. The Kier molecular flexibility index (Phi) is 9.06. The normalized spacial score (nSPS) is 16.2. The molecular weight excluding hydrogens is 252 g/mol. The first kappa shape index (κ1) is 19.4. The van der Waals surface area contributed by atoms with Crippen LogP contribution >= 0.6 is 0 Å². The molecule has 0 aromatic heterocycles. The minimum Gasteiger partial charge on any atom is -0.468 e. The Morgan fingerprint density at radius 1 is 1.35 bits per heavy atom. The quantitative estimate of drug-likeness (QED) is 0.627. The van der Waals surface area contributed by atoms with Gasteiger partial charge < -0.3 is 15.0 Å². The highest BCUT2D eigenvalue weighted by molar-refractivity contribution is 5.80. The highest BCUT2D eigenvalue weighted by atomic mass is 16.5. The molecular formula is C16H34N2O2. The molecule has 0 saturated heterocycles. The van der Waals surface area contributed by atoms with Crippen LogP contribution in [0.1, 0.15) is 53.9 Å². The van der Waals surface area contributed by atoms with Gasteiger partial charge in [-0.05, 0) is 59.2 Å². The van der Waals surface area contributed by atoms with Gasteiger partial charge in [-0.15, -0.1) is 0 Å². The third-order valence-electron chi connectivity index (χ3n) is 4.25. The maximum Gasteiger partial charge on any atom is 0.325 e. The van der Waals surface area contributed by atoms with Crippen LogP contribution in [-0.2, 0) is 9.53 Å². The number of rotatable bonds is 10. The van der Waals surface area contributed by atoms with Gasteiger partial charge in [-0.25, -0.2) is 0 Å². The maximum absolute atomic E-state index is 12.0. The predicted octanol–water partition coefficient (Wildman–Crippen LogP) is 2.67. The second kappa shape index (κ2) is 9.35. The fourth-order valence-corrected chi connectivity index (χ4v) is 2.28. The summed E-state index contributed by atoms with van der Waals surface area (Å²) in [6.45, 7) is 12.6. The lowest BCUT2D eigenvalue weighted by Gasteiger charge is -2.31. The number of nitrogens with zero attached hydrogens (tertiary/aromatic N) is 1. The van der Waals surface area contributed by atoms with Crippen LogP contribution in [0, 0.1) is 5.92 Å². The van der Waals surface area contributed by atoms with Gasteiger partial charge in [0, 0.05) is 6.04 Å². The van der Waals surface area contributed by atoms with Crippen molar-refractivity contribution in [3.63, 3.8) is 0 Å². The fourth-order valence-electron chi connectivity index (χ4n) is 2.28. The van der Waals surface area contributed by atoms with Crippen molar-refractivity contribution in [3.05, 3.63) is 0 Å². The van der Waals surface area contributed by atoms with E-state index in [0.29, 0.717) is 12.0 Å². The van der Waals surface area contributed by atoms with Gasteiger partial charge >= 0.3 is 5.97 Å². The molecule has 0 heterocycles. The van der Waals surface area contributed by atoms with Crippen molar-refractivity contribution in [2.75, 3.05) is 27.2 Å². The van der Waals surface area contributed by atoms with Gasteiger partial charge in [-0.2, -0.15) is 0 Å². The van der Waals surface area contributed by atoms with Gasteiger partial charge in [0.05, 0.1) is 7.11 Å². The Hall–Kier alpha value is -0.610. The molecule has 4 heteroatoms. The molecule has 4 nitrogen and oxygen atoms in total. The van der Waals surface area contributed by atoms with Crippen molar-refractivity contribution < 1.29 is 9.53 Å². The van der Waals surface area contributed by atoms with E-state index in [-0.39, 0.29) is 5.97 Å². The predicted molar refractivity (Wildman–Crippen MR) is 84.9 cm³/mol. The molecule has 0 rings (SSSR count). The number of methoxy groups -OCH3 is 1. The van der Waals surface area contributed by atoms with Gasteiger partial charge in [-0.3, -0.25) is 4.79 Å². The average molecular weight is 286 g/mol. The van der Waals surface area contributed by atoms with Gasteiger partial charge in [0.1, 0.15) is 5.54 Å². The summed E-state index contributed by atoms with van der Waals surface area (Å²) in [5.41, 5.74) is -0.563. The maximum atomic E-state index is 12.0. The fraction of sp³-hybridized carbons (Fsp3) is 0.938. The van der Waals surface area contributed by atoms with Crippen LogP contribution in [0.25, 0.3) is 0 Å². The number of carbonyl (C=O) groups excluding carboxylic acids is 1. The van der Waals surface area contributed by atoms with Gasteiger partial charge in [0.25, 0.3) is 0 Å². The molecule has 0 aromatic carbocycles. The lowest BCUT2D eigenvalue weighted by atomic mass is 9.95. The van der Waals surface area contributed by atoms with Crippen molar-refractivity contribution in [3.8, 4) is 0 Å². The van der Waals surface area contributed by atoms with Crippen molar-refractivity contribution in [1.82, 2.24) is 10.2 Å². The highest BCUT2D eigenvalue weighted by Crippen LogP contribution is 2.16. The molecule has 2 atom stereocenters. The van der Waals surface area contributed by atoms with Crippen LogP contribution in [0.3, 0.4) is 0 Å². The third kappa shape index (κ3) is 6.23. The van der Waals surface area contributed by atoms with Crippen molar-refractivity contribution in [2.24, 2.45) is 5.92 Å². The zero-order chi connectivity index (χ0) is 15.8. The van der Waals surface area contributed by atoms with E-state index in [1.165, 1.54) is 7.11 Å². The number of carbonyl (C=O) groups is 1. The van der Waals surface area contributed by atoms with E-state index in [2.05, 4.69) is 45.0 Å². The molecule has 0 aromatic rings. The average Bonchev–Trinajstić information content (AvgIpc) is 2.42. The summed E-state index contributed by atoms with van der Waals surface area (Å²) in [5.74, 6) is 0.482. The molecule has 0 aliphatic rings. The summed E-state index contributed by atoms with van der Waals surface area (Å²) in [6, 6.07) is 0.558. The molecule has 0 spiro atoms. The van der Waals surface area contributed by atoms with E-state index < -0.39 is 5.54 Å². The first-order valence-electron chi connectivity index (χ1n) is 7.82. The lowest BCUT2D eigenvalue weighted by molar-refractivity contribution is -0.148. The number of hydrogen-bond donors (Lipinski definition) is 1. The second-order valence-corrected chi connectivity index (χ2v) is 6.32. The number of hydrogen-bond acceptors (Lipinski definition) is 4. The zero-order valence-electron chi connectivity index (χ0n) is 14.5. The van der Waals surface area contributed by atoms with Crippen LogP contribution in [0.5, 0.6) is 0 Å². The summed E-state index contributed by atoms with van der Waals surface area (Å²) in [7, 11) is 3.61. The summed E-state index contributed by atoms with van der Waals surface area (Å²) >= 11 is 0. The van der Waals surface area contributed by atoms with Crippen molar-refractivity contribution in [1.29, 1.82) is 0 Å². The molecule has 0 fully saturated rings. The summed E-state index contributed by atoms with van der Waals surface area (Å²) in [6.07, 6.45) is 2.79. The van der Waals surface area contributed by atoms with Crippen LogP contribution in [0.2, 0.25) is 0 Å². The Morgan fingerprint density at radius 3 is 2.40 bits per heavy atom. The number of ether oxygens (including phenoxy) is 1. The minimum absolute atomic E-state index is 0.162. The Labute approximate surface area is 125 Å². The van der Waals surface area contributed by atoms with E-state index in [9.17, 15) is 4.79 Å². The van der Waals surface area contributed by atoms with E-state index in [0.717, 1.165) is 32.4 Å². The van der Waals surface area contributed by atoms with E-state index >= 15 is 0 Å². The molecule has 1 N–H and O–H groups in total. The monoisotopic (exact) mass is 286 g/mol. The summed E-state index contributed by atoms with van der Waals surface area (Å²) in [4.78, 5) is 14.3. The van der Waals surface area contributed by atoms with Crippen LogP contribution < -0.4 is 5.32 Å². The van der Waals surface area contributed by atoms with Gasteiger partial charge in [-0.1, -0.05) is 20.8 Å². The molecule has 0 bridgehead atoms. The van der Waals surface area contributed by atoms with Crippen LogP contribution in [0.4, 0.5) is 0 Å². The lowest BCUT2D eigenvalue weighted by Crippen LogP contribution is -2.51. The van der Waals surface area contributed by atoms with Crippen molar-refractivity contribution in [2.45, 2.75) is 65.5 Å². The zero-order valence-corrected chi connectivity index (χ0v) is 14.5. The molecule has 0 saturated carbocycles. The minimum atomic E-state index is -0.563. The molecule has 2 unspecified atom stereocenters. The SMILES string of the molecule is CCCNC(C)(CCCN(C)C(C)C(C)C)C(=O)OC. The number of esters is 1. The Bertz CT molecular complexity index is 282. The molecule has 0 amide bonds. The summed E-state index contributed by atoms with van der Waals surface area (Å²) in [5, 5.41) is 3.33. The molecule has 20 heavy (non-hydrogen) atoms. The molecule has 0 aliphatic carbocycles. The van der Waals surface area contributed by atoms with Crippen LogP contribution in [-0.4, -0.2) is 49.7 Å². The topological polar surface area (TPSA) is 41.6 Å².